The zero-order valence-electron chi connectivity index (χ0n) is 14.2. The number of thiazole rings is 1. The fourth-order valence-electron chi connectivity index (χ4n) is 2.92. The van der Waals surface area contributed by atoms with E-state index in [-0.39, 0.29) is 24.0 Å². The molecule has 1 aromatic rings. The molecule has 0 atom stereocenters. The highest BCUT2D eigenvalue weighted by molar-refractivity contribution is 14.0. The van der Waals surface area contributed by atoms with Crippen LogP contribution in [0.3, 0.4) is 0 Å². The molecule has 0 aliphatic heterocycles. The van der Waals surface area contributed by atoms with Crippen molar-refractivity contribution < 1.29 is 0 Å². The summed E-state index contributed by atoms with van der Waals surface area (Å²) in [5, 5.41) is 6.66. The number of rotatable bonds is 5. The lowest BCUT2D eigenvalue weighted by Gasteiger charge is -2.25. The summed E-state index contributed by atoms with van der Waals surface area (Å²) in [5.41, 5.74) is 1.52. The van der Waals surface area contributed by atoms with Crippen LogP contribution in [0.5, 0.6) is 0 Å². The van der Waals surface area contributed by atoms with Crippen LogP contribution in [0.1, 0.15) is 50.2 Å². The lowest BCUT2D eigenvalue weighted by atomic mass is 9.89. The molecule has 1 aliphatic rings. The van der Waals surface area contributed by atoms with Crippen LogP contribution in [0.15, 0.2) is 10.4 Å². The molecule has 0 radical (unpaired) electrons. The molecule has 0 saturated heterocycles. The molecule has 1 aliphatic carbocycles. The molecule has 1 aromatic heterocycles. The molecule has 0 aromatic carbocycles. The van der Waals surface area contributed by atoms with E-state index in [1.54, 1.807) is 11.3 Å². The van der Waals surface area contributed by atoms with Gasteiger partial charge in [-0.3, -0.25) is 4.99 Å². The van der Waals surface area contributed by atoms with E-state index in [1.165, 1.54) is 25.7 Å². The van der Waals surface area contributed by atoms with E-state index in [9.17, 15) is 0 Å². The molecule has 22 heavy (non-hydrogen) atoms. The summed E-state index contributed by atoms with van der Waals surface area (Å²) in [7, 11) is 2.09. The van der Waals surface area contributed by atoms with Crippen molar-refractivity contribution in [2.24, 2.45) is 10.4 Å². The Bertz CT molecular complexity index is 480. The Balaban J connectivity index is 0.00000242. The topological polar surface area (TPSA) is 40.5 Å². The van der Waals surface area contributed by atoms with Gasteiger partial charge in [0.1, 0.15) is 0 Å². The second-order valence-electron chi connectivity index (χ2n) is 6.40. The Labute approximate surface area is 155 Å². The maximum absolute atomic E-state index is 4.88. The zero-order chi connectivity index (χ0) is 15.3. The number of hydrogen-bond donors (Lipinski definition) is 1. The van der Waals surface area contributed by atoms with Crippen molar-refractivity contribution >= 4 is 41.3 Å². The fraction of sp³-hybridized carbons (Fsp3) is 0.750. The van der Waals surface area contributed by atoms with Gasteiger partial charge >= 0.3 is 0 Å². The first-order valence-corrected chi connectivity index (χ1v) is 8.81. The van der Waals surface area contributed by atoms with Gasteiger partial charge in [0.2, 0.25) is 0 Å². The summed E-state index contributed by atoms with van der Waals surface area (Å²) in [4.78, 5) is 11.6. The van der Waals surface area contributed by atoms with Gasteiger partial charge in [0.25, 0.3) is 0 Å². The molecule has 2 rings (SSSR count). The van der Waals surface area contributed by atoms with Crippen molar-refractivity contribution in [3.8, 4) is 0 Å². The van der Waals surface area contributed by atoms with Crippen molar-refractivity contribution in [2.45, 2.75) is 53.0 Å². The van der Waals surface area contributed by atoms with E-state index in [1.807, 2.05) is 6.92 Å². The highest BCUT2D eigenvalue weighted by Crippen LogP contribution is 2.37. The highest BCUT2D eigenvalue weighted by atomic mass is 127. The summed E-state index contributed by atoms with van der Waals surface area (Å²) in [6.45, 7) is 9.18. The maximum atomic E-state index is 4.88. The Morgan fingerprint density at radius 1 is 1.45 bits per heavy atom. The van der Waals surface area contributed by atoms with Gasteiger partial charge in [-0.2, -0.15) is 0 Å². The van der Waals surface area contributed by atoms with Crippen LogP contribution < -0.4 is 5.32 Å². The summed E-state index contributed by atoms with van der Waals surface area (Å²) in [6.07, 6.45) is 5.34. The van der Waals surface area contributed by atoms with Gasteiger partial charge < -0.3 is 10.2 Å². The quantitative estimate of drug-likeness (QED) is 0.430. The first-order chi connectivity index (χ1) is 10.0. The third-order valence-corrected chi connectivity index (χ3v) is 5.01. The Hall–Kier alpha value is -0.370. The van der Waals surface area contributed by atoms with Gasteiger partial charge in [0.15, 0.2) is 5.96 Å². The maximum Gasteiger partial charge on any atom is 0.194 e. The number of halogens is 1. The Morgan fingerprint density at radius 2 is 2.14 bits per heavy atom. The second kappa shape index (κ2) is 9.05. The predicted molar refractivity (Wildman–Crippen MR) is 106 cm³/mol. The molecule has 0 amide bonds. The number of nitrogens with zero attached hydrogens (tertiary/aromatic N) is 3. The van der Waals surface area contributed by atoms with Crippen molar-refractivity contribution in [3.05, 3.63) is 16.1 Å². The molecule has 0 unspecified atom stereocenters. The molecule has 0 spiro atoms. The van der Waals surface area contributed by atoms with Crippen LogP contribution in [0.4, 0.5) is 0 Å². The summed E-state index contributed by atoms with van der Waals surface area (Å²) in [6, 6.07) is 0. The van der Waals surface area contributed by atoms with Gasteiger partial charge in [0, 0.05) is 25.5 Å². The van der Waals surface area contributed by atoms with Crippen LogP contribution in [-0.4, -0.2) is 36.0 Å². The van der Waals surface area contributed by atoms with E-state index < -0.39 is 0 Å². The first kappa shape index (κ1) is 19.7. The van der Waals surface area contributed by atoms with Crippen LogP contribution in [0.25, 0.3) is 0 Å². The van der Waals surface area contributed by atoms with Crippen molar-refractivity contribution in [3.63, 3.8) is 0 Å². The molecular formula is C16H29IN4S. The first-order valence-electron chi connectivity index (χ1n) is 7.93. The fourth-order valence-corrected chi connectivity index (χ4v) is 3.52. The van der Waals surface area contributed by atoms with Crippen molar-refractivity contribution in [1.29, 1.82) is 0 Å². The standard InChI is InChI=1S/C16H28N4S.HI/c1-5-17-15(18-12-16(3)8-6-7-9-16)20(4)10-14-11-21-13(2)19-14;/h11H,5-10,12H2,1-4H3,(H,17,18);1H. The predicted octanol–water partition coefficient (Wildman–Crippen LogP) is 4.05. The smallest absolute Gasteiger partial charge is 0.194 e. The Morgan fingerprint density at radius 3 is 2.68 bits per heavy atom. The SMILES string of the molecule is CCNC(=NCC1(C)CCCC1)N(C)Cc1csc(C)n1.I. The molecule has 1 saturated carbocycles. The number of aromatic nitrogens is 1. The summed E-state index contributed by atoms with van der Waals surface area (Å²) < 4.78 is 0. The largest absolute Gasteiger partial charge is 0.357 e. The average Bonchev–Trinajstić information content (AvgIpc) is 3.04. The number of aryl methyl sites for hydroxylation is 1. The van der Waals surface area contributed by atoms with E-state index in [2.05, 4.69) is 41.5 Å². The normalized spacial score (nSPS) is 17.2. The number of hydrogen-bond acceptors (Lipinski definition) is 3. The Kier molecular flexibility index (Phi) is 8.10. The van der Waals surface area contributed by atoms with E-state index in [0.29, 0.717) is 5.41 Å². The molecule has 0 bridgehead atoms. The molecule has 1 N–H and O–H groups in total. The molecule has 1 fully saturated rings. The van der Waals surface area contributed by atoms with Gasteiger partial charge in [-0.1, -0.05) is 19.8 Å². The summed E-state index contributed by atoms with van der Waals surface area (Å²) in [5.74, 6) is 0.997. The van der Waals surface area contributed by atoms with E-state index in [4.69, 9.17) is 4.99 Å². The van der Waals surface area contributed by atoms with Gasteiger partial charge in [-0.25, -0.2) is 4.98 Å². The van der Waals surface area contributed by atoms with E-state index in [0.717, 1.165) is 36.3 Å². The molecule has 126 valence electrons. The molecule has 4 nitrogen and oxygen atoms in total. The highest BCUT2D eigenvalue weighted by Gasteiger charge is 2.28. The minimum atomic E-state index is 0. The zero-order valence-corrected chi connectivity index (χ0v) is 17.3. The van der Waals surface area contributed by atoms with Gasteiger partial charge in [0.05, 0.1) is 17.2 Å². The summed E-state index contributed by atoms with van der Waals surface area (Å²) >= 11 is 1.71. The minimum absolute atomic E-state index is 0. The van der Waals surface area contributed by atoms with Gasteiger partial charge in [-0.05, 0) is 32.1 Å². The van der Waals surface area contributed by atoms with Gasteiger partial charge in [-0.15, -0.1) is 35.3 Å². The third-order valence-electron chi connectivity index (χ3n) is 4.18. The van der Waals surface area contributed by atoms with Crippen molar-refractivity contribution in [2.75, 3.05) is 20.1 Å². The molecule has 1 heterocycles. The number of guanidine groups is 1. The third kappa shape index (κ3) is 5.68. The molecule has 6 heteroatoms. The monoisotopic (exact) mass is 436 g/mol. The van der Waals surface area contributed by atoms with Crippen LogP contribution in [0, 0.1) is 12.3 Å². The number of nitrogens with one attached hydrogen (secondary N) is 1. The van der Waals surface area contributed by atoms with Crippen LogP contribution in [0.2, 0.25) is 0 Å². The average molecular weight is 436 g/mol. The molecular weight excluding hydrogens is 407 g/mol. The van der Waals surface area contributed by atoms with Crippen molar-refractivity contribution in [1.82, 2.24) is 15.2 Å². The van der Waals surface area contributed by atoms with E-state index >= 15 is 0 Å². The van der Waals surface area contributed by atoms with Crippen LogP contribution >= 0.6 is 35.3 Å². The van der Waals surface area contributed by atoms with Crippen LogP contribution in [-0.2, 0) is 6.54 Å². The lowest BCUT2D eigenvalue weighted by molar-refractivity contribution is 0.347. The number of aliphatic imine (C=N–C) groups is 1. The second-order valence-corrected chi connectivity index (χ2v) is 7.46. The minimum Gasteiger partial charge on any atom is -0.357 e. The lowest BCUT2D eigenvalue weighted by Crippen LogP contribution is -2.39.